The third-order valence-electron chi connectivity index (χ3n) is 5.17. The minimum Gasteiger partial charge on any atom is -0.368 e. The second-order valence-corrected chi connectivity index (χ2v) is 6.76. The van der Waals surface area contributed by atoms with Crippen molar-refractivity contribution in [3.63, 3.8) is 0 Å². The van der Waals surface area contributed by atoms with Gasteiger partial charge in [-0.15, -0.1) is 0 Å². The lowest BCUT2D eigenvalue weighted by Crippen LogP contribution is -2.44. The van der Waals surface area contributed by atoms with Gasteiger partial charge in [-0.05, 0) is 56.7 Å². The monoisotopic (exact) mass is 315 g/mol. The molecule has 1 unspecified atom stereocenters. The Balaban J connectivity index is 1.58. The molecule has 0 aliphatic carbocycles. The van der Waals surface area contributed by atoms with Gasteiger partial charge >= 0.3 is 0 Å². The lowest BCUT2D eigenvalue weighted by Gasteiger charge is -2.32. The fourth-order valence-corrected chi connectivity index (χ4v) is 3.47. The van der Waals surface area contributed by atoms with E-state index in [2.05, 4.69) is 6.92 Å². The molecule has 0 saturated carbocycles. The summed E-state index contributed by atoms with van der Waals surface area (Å²) in [5.41, 5.74) is 3.16. The molecule has 0 spiro atoms. The molecule has 0 radical (unpaired) electrons. The lowest BCUT2D eigenvalue weighted by molar-refractivity contribution is -0.142. The molecular weight excluding hydrogens is 290 g/mol. The molecule has 1 aromatic rings. The molecule has 23 heavy (non-hydrogen) atoms. The van der Waals surface area contributed by atoms with Crippen LogP contribution < -0.4 is 0 Å². The molecule has 2 aliphatic rings. The van der Waals surface area contributed by atoms with Gasteiger partial charge in [-0.1, -0.05) is 12.1 Å². The van der Waals surface area contributed by atoms with Crippen LogP contribution in [0.2, 0.25) is 0 Å². The van der Waals surface area contributed by atoms with Crippen LogP contribution in [0.25, 0.3) is 0 Å². The first-order valence-electron chi connectivity index (χ1n) is 8.58. The summed E-state index contributed by atoms with van der Waals surface area (Å²) in [5.74, 6) is 0.363. The minimum atomic E-state index is -0.248. The second kappa shape index (κ2) is 6.83. The molecule has 0 N–H and O–H groups in total. The molecular formula is C19H25NO3. The Labute approximate surface area is 137 Å². The van der Waals surface area contributed by atoms with Gasteiger partial charge in [0.2, 0.25) is 0 Å². The van der Waals surface area contributed by atoms with Crippen molar-refractivity contribution in [3.05, 3.63) is 34.9 Å². The van der Waals surface area contributed by atoms with Gasteiger partial charge in [0, 0.05) is 31.2 Å². The number of likely N-dealkylation sites (tertiary alicyclic amines) is 1. The molecule has 2 heterocycles. The Morgan fingerprint density at radius 2 is 1.83 bits per heavy atom. The second-order valence-electron chi connectivity index (χ2n) is 6.76. The van der Waals surface area contributed by atoms with E-state index in [0.29, 0.717) is 19.7 Å². The van der Waals surface area contributed by atoms with Gasteiger partial charge in [-0.25, -0.2) is 0 Å². The molecule has 4 heteroatoms. The molecule has 4 nitrogen and oxygen atoms in total. The lowest BCUT2D eigenvalue weighted by atomic mass is 9.88. The number of amides is 1. The summed E-state index contributed by atoms with van der Waals surface area (Å²) < 4.78 is 5.48. The standard InChI is InChI=1S/C19H25NO3/c1-13-5-6-16(12-14(13)2)18(21)15-7-9-20(10-8-15)19(22)17-4-3-11-23-17/h5-6,12,15,17H,3-4,7-11H2,1-2H3. The number of hydrogen-bond acceptors (Lipinski definition) is 3. The van der Waals surface area contributed by atoms with E-state index in [1.54, 1.807) is 0 Å². The fraction of sp³-hybridized carbons (Fsp3) is 0.579. The quantitative estimate of drug-likeness (QED) is 0.806. The largest absolute Gasteiger partial charge is 0.368 e. The normalized spacial score (nSPS) is 22.3. The highest BCUT2D eigenvalue weighted by atomic mass is 16.5. The number of benzene rings is 1. The third kappa shape index (κ3) is 3.47. The minimum absolute atomic E-state index is 0.0330. The summed E-state index contributed by atoms with van der Waals surface area (Å²) in [7, 11) is 0. The van der Waals surface area contributed by atoms with E-state index in [1.165, 1.54) is 5.56 Å². The number of carbonyl (C=O) groups excluding carboxylic acids is 2. The van der Waals surface area contributed by atoms with E-state index in [-0.39, 0.29) is 23.7 Å². The van der Waals surface area contributed by atoms with Gasteiger partial charge in [0.1, 0.15) is 6.10 Å². The average molecular weight is 315 g/mol. The van der Waals surface area contributed by atoms with Crippen molar-refractivity contribution in [2.45, 2.75) is 45.6 Å². The smallest absolute Gasteiger partial charge is 0.251 e. The number of ketones is 1. The van der Waals surface area contributed by atoms with Crippen LogP contribution in [0.3, 0.4) is 0 Å². The van der Waals surface area contributed by atoms with Gasteiger partial charge in [-0.2, -0.15) is 0 Å². The number of Topliss-reactive ketones (excluding diaryl/α,β-unsaturated/α-hetero) is 1. The van der Waals surface area contributed by atoms with Crippen LogP contribution >= 0.6 is 0 Å². The first kappa shape index (κ1) is 16.2. The summed E-state index contributed by atoms with van der Waals surface area (Å²) >= 11 is 0. The Hall–Kier alpha value is -1.68. The number of ether oxygens (including phenoxy) is 1. The molecule has 2 fully saturated rings. The number of piperidine rings is 1. The van der Waals surface area contributed by atoms with E-state index in [0.717, 1.165) is 36.8 Å². The first-order valence-corrected chi connectivity index (χ1v) is 8.58. The molecule has 1 atom stereocenters. The number of carbonyl (C=O) groups is 2. The van der Waals surface area contributed by atoms with Crippen LogP contribution in [-0.2, 0) is 9.53 Å². The zero-order chi connectivity index (χ0) is 16.4. The summed E-state index contributed by atoms with van der Waals surface area (Å²) in [6, 6.07) is 5.93. The highest BCUT2D eigenvalue weighted by molar-refractivity contribution is 5.98. The van der Waals surface area contributed by atoms with Crippen LogP contribution in [0.5, 0.6) is 0 Å². The van der Waals surface area contributed by atoms with Crippen molar-refractivity contribution in [2.75, 3.05) is 19.7 Å². The SMILES string of the molecule is Cc1ccc(C(=O)C2CCN(C(=O)C3CCCO3)CC2)cc1C. The summed E-state index contributed by atoms with van der Waals surface area (Å²) in [4.78, 5) is 26.9. The van der Waals surface area contributed by atoms with Crippen molar-refractivity contribution in [3.8, 4) is 0 Å². The van der Waals surface area contributed by atoms with Crippen molar-refractivity contribution in [1.82, 2.24) is 4.90 Å². The molecule has 2 aliphatic heterocycles. The van der Waals surface area contributed by atoms with E-state index in [9.17, 15) is 9.59 Å². The summed E-state index contributed by atoms with van der Waals surface area (Å²) in [5, 5.41) is 0. The summed E-state index contributed by atoms with van der Waals surface area (Å²) in [6.45, 7) is 6.12. The van der Waals surface area contributed by atoms with Crippen molar-refractivity contribution in [2.24, 2.45) is 5.92 Å². The third-order valence-corrected chi connectivity index (χ3v) is 5.17. The van der Waals surface area contributed by atoms with Gasteiger partial charge < -0.3 is 9.64 Å². The highest BCUT2D eigenvalue weighted by Gasteiger charge is 2.32. The van der Waals surface area contributed by atoms with Gasteiger partial charge in [-0.3, -0.25) is 9.59 Å². The number of hydrogen-bond donors (Lipinski definition) is 0. The topological polar surface area (TPSA) is 46.6 Å². The zero-order valence-electron chi connectivity index (χ0n) is 14.0. The fourth-order valence-electron chi connectivity index (χ4n) is 3.47. The van der Waals surface area contributed by atoms with Crippen molar-refractivity contribution < 1.29 is 14.3 Å². The molecule has 124 valence electrons. The van der Waals surface area contributed by atoms with Gasteiger partial charge in [0.25, 0.3) is 5.91 Å². The van der Waals surface area contributed by atoms with E-state index >= 15 is 0 Å². The Bertz CT molecular complexity index is 597. The van der Waals surface area contributed by atoms with Gasteiger partial charge in [0.15, 0.2) is 5.78 Å². The number of rotatable bonds is 3. The highest BCUT2D eigenvalue weighted by Crippen LogP contribution is 2.25. The molecule has 1 aromatic carbocycles. The molecule has 2 saturated heterocycles. The van der Waals surface area contributed by atoms with E-state index < -0.39 is 0 Å². The van der Waals surface area contributed by atoms with Crippen LogP contribution in [0.1, 0.15) is 47.2 Å². The Morgan fingerprint density at radius 1 is 1.09 bits per heavy atom. The maximum atomic E-state index is 12.7. The van der Waals surface area contributed by atoms with Crippen LogP contribution in [-0.4, -0.2) is 42.4 Å². The number of aryl methyl sites for hydroxylation is 2. The molecule has 0 aromatic heterocycles. The molecule has 3 rings (SSSR count). The van der Waals surface area contributed by atoms with Crippen LogP contribution in [0.15, 0.2) is 18.2 Å². The Kier molecular flexibility index (Phi) is 4.81. The maximum Gasteiger partial charge on any atom is 0.251 e. The number of nitrogens with zero attached hydrogens (tertiary/aromatic N) is 1. The van der Waals surface area contributed by atoms with Crippen molar-refractivity contribution >= 4 is 11.7 Å². The molecule has 0 bridgehead atoms. The van der Waals surface area contributed by atoms with E-state index in [1.807, 2.05) is 30.0 Å². The Morgan fingerprint density at radius 3 is 2.43 bits per heavy atom. The molecule has 1 amide bonds. The average Bonchev–Trinajstić information content (AvgIpc) is 3.11. The first-order chi connectivity index (χ1) is 11.1. The van der Waals surface area contributed by atoms with Gasteiger partial charge in [0.05, 0.1) is 0 Å². The zero-order valence-corrected chi connectivity index (χ0v) is 14.0. The van der Waals surface area contributed by atoms with Crippen LogP contribution in [0.4, 0.5) is 0 Å². The predicted molar refractivity (Wildman–Crippen MR) is 88.5 cm³/mol. The maximum absolute atomic E-state index is 12.7. The summed E-state index contributed by atoms with van der Waals surface area (Å²) in [6.07, 6.45) is 3.06. The van der Waals surface area contributed by atoms with E-state index in [4.69, 9.17) is 4.74 Å². The van der Waals surface area contributed by atoms with Crippen molar-refractivity contribution in [1.29, 1.82) is 0 Å². The van der Waals surface area contributed by atoms with Crippen LogP contribution in [0, 0.1) is 19.8 Å². The predicted octanol–water partition coefficient (Wildman–Crippen LogP) is 2.90.